The van der Waals surface area contributed by atoms with Crippen molar-refractivity contribution < 1.29 is 9.59 Å². The van der Waals surface area contributed by atoms with Crippen molar-refractivity contribution in [1.29, 1.82) is 0 Å². The smallest absolute Gasteiger partial charge is 0.229 e. The fourth-order valence-corrected chi connectivity index (χ4v) is 2.99. The number of carbonyl (C=O) groups excluding carboxylic acids is 2. The van der Waals surface area contributed by atoms with Crippen molar-refractivity contribution in [2.45, 2.75) is 26.7 Å². The molecule has 1 saturated heterocycles. The minimum absolute atomic E-state index is 0.00387. The second-order valence-corrected chi connectivity index (χ2v) is 6.23. The Hall–Kier alpha value is -2.62. The van der Waals surface area contributed by atoms with Crippen molar-refractivity contribution in [3.63, 3.8) is 0 Å². The molecule has 0 aliphatic carbocycles. The second kappa shape index (κ2) is 6.87. The molecule has 4 heteroatoms. The molecular weight excluding hydrogens is 300 g/mol. The lowest BCUT2D eigenvalue weighted by molar-refractivity contribution is -0.122. The predicted octanol–water partition coefficient (Wildman–Crippen LogP) is 3.55. The van der Waals surface area contributed by atoms with Crippen molar-refractivity contribution in [2.75, 3.05) is 16.8 Å². The summed E-state index contributed by atoms with van der Waals surface area (Å²) in [6.45, 7) is 4.49. The van der Waals surface area contributed by atoms with Crippen LogP contribution in [0.25, 0.3) is 0 Å². The Bertz CT molecular complexity index is 752. The standard InChI is InChI=1S/C20H22N2O2/c1-3-15-8-10-17(11-9-15)22-13-16(12-19(22)23)20(24)21-18-7-5-4-6-14(18)2/h4-11,16H,3,12-13H2,1-2H3,(H,21,24)/t16-/m0/s1. The number of hydrogen-bond donors (Lipinski definition) is 1. The third-order valence-electron chi connectivity index (χ3n) is 4.56. The summed E-state index contributed by atoms with van der Waals surface area (Å²) in [5.74, 6) is -0.405. The van der Waals surface area contributed by atoms with E-state index >= 15 is 0 Å². The summed E-state index contributed by atoms with van der Waals surface area (Å²) >= 11 is 0. The first-order chi connectivity index (χ1) is 11.6. The monoisotopic (exact) mass is 322 g/mol. The maximum absolute atomic E-state index is 12.5. The Morgan fingerprint density at radius 2 is 1.88 bits per heavy atom. The normalized spacial score (nSPS) is 17.2. The van der Waals surface area contributed by atoms with E-state index in [9.17, 15) is 9.59 Å². The van der Waals surface area contributed by atoms with Crippen molar-refractivity contribution in [3.05, 3.63) is 59.7 Å². The van der Waals surface area contributed by atoms with Crippen LogP contribution in [-0.2, 0) is 16.0 Å². The molecule has 124 valence electrons. The predicted molar refractivity (Wildman–Crippen MR) is 96.1 cm³/mol. The van der Waals surface area contributed by atoms with Crippen molar-refractivity contribution in [3.8, 4) is 0 Å². The molecule has 1 atom stereocenters. The highest BCUT2D eigenvalue weighted by molar-refractivity contribution is 6.03. The molecule has 1 heterocycles. The molecule has 0 aromatic heterocycles. The summed E-state index contributed by atoms with van der Waals surface area (Å²) in [6, 6.07) is 15.6. The number of nitrogens with zero attached hydrogens (tertiary/aromatic N) is 1. The highest BCUT2D eigenvalue weighted by Gasteiger charge is 2.35. The lowest BCUT2D eigenvalue weighted by Crippen LogP contribution is -2.28. The van der Waals surface area contributed by atoms with Gasteiger partial charge in [-0.3, -0.25) is 9.59 Å². The van der Waals surface area contributed by atoms with Crippen LogP contribution in [0.3, 0.4) is 0 Å². The van der Waals surface area contributed by atoms with E-state index in [1.54, 1.807) is 4.90 Å². The van der Waals surface area contributed by atoms with Crippen LogP contribution in [0.1, 0.15) is 24.5 Å². The van der Waals surface area contributed by atoms with E-state index in [-0.39, 0.29) is 24.2 Å². The van der Waals surface area contributed by atoms with E-state index < -0.39 is 0 Å². The molecule has 2 aromatic carbocycles. The fraction of sp³-hybridized carbons (Fsp3) is 0.300. The highest BCUT2D eigenvalue weighted by atomic mass is 16.2. The zero-order chi connectivity index (χ0) is 17.1. The first-order valence-corrected chi connectivity index (χ1v) is 8.34. The minimum Gasteiger partial charge on any atom is -0.326 e. The number of para-hydroxylation sites is 1. The molecule has 1 aliphatic heterocycles. The first-order valence-electron chi connectivity index (χ1n) is 8.34. The Labute approximate surface area is 142 Å². The number of nitrogens with one attached hydrogen (secondary N) is 1. The van der Waals surface area contributed by atoms with Gasteiger partial charge in [0.25, 0.3) is 0 Å². The minimum atomic E-state index is -0.317. The van der Waals surface area contributed by atoms with Gasteiger partial charge in [-0.25, -0.2) is 0 Å². The van der Waals surface area contributed by atoms with E-state index in [1.807, 2.05) is 55.5 Å². The average Bonchev–Trinajstić information content (AvgIpc) is 2.99. The van der Waals surface area contributed by atoms with Gasteiger partial charge in [0, 0.05) is 24.3 Å². The molecule has 1 fully saturated rings. The van der Waals surface area contributed by atoms with Crippen LogP contribution < -0.4 is 10.2 Å². The zero-order valence-electron chi connectivity index (χ0n) is 14.1. The van der Waals surface area contributed by atoms with Gasteiger partial charge < -0.3 is 10.2 Å². The second-order valence-electron chi connectivity index (χ2n) is 6.23. The van der Waals surface area contributed by atoms with E-state index in [0.29, 0.717) is 6.54 Å². The van der Waals surface area contributed by atoms with Gasteiger partial charge in [0.15, 0.2) is 0 Å². The summed E-state index contributed by atoms with van der Waals surface area (Å²) in [5, 5.41) is 2.95. The maximum atomic E-state index is 12.5. The zero-order valence-corrected chi connectivity index (χ0v) is 14.1. The highest BCUT2D eigenvalue weighted by Crippen LogP contribution is 2.26. The molecule has 0 radical (unpaired) electrons. The van der Waals surface area contributed by atoms with Crippen LogP contribution >= 0.6 is 0 Å². The van der Waals surface area contributed by atoms with E-state index in [2.05, 4.69) is 12.2 Å². The van der Waals surface area contributed by atoms with Crippen LogP contribution in [0.2, 0.25) is 0 Å². The Balaban J connectivity index is 1.69. The quantitative estimate of drug-likeness (QED) is 0.936. The molecule has 0 bridgehead atoms. The summed E-state index contributed by atoms with van der Waals surface area (Å²) in [6.07, 6.45) is 1.23. The molecule has 2 amide bonds. The number of aryl methyl sites for hydroxylation is 2. The fourth-order valence-electron chi connectivity index (χ4n) is 2.99. The Morgan fingerprint density at radius 3 is 2.54 bits per heavy atom. The molecule has 1 N–H and O–H groups in total. The van der Waals surface area contributed by atoms with Crippen LogP contribution in [0.15, 0.2) is 48.5 Å². The number of anilines is 2. The third kappa shape index (κ3) is 3.32. The first kappa shape index (κ1) is 16.2. The largest absolute Gasteiger partial charge is 0.326 e. The summed E-state index contributed by atoms with van der Waals surface area (Å²) < 4.78 is 0. The number of rotatable bonds is 4. The van der Waals surface area contributed by atoms with Gasteiger partial charge in [-0.1, -0.05) is 37.3 Å². The summed E-state index contributed by atoms with van der Waals surface area (Å²) in [4.78, 5) is 26.5. The van der Waals surface area contributed by atoms with E-state index in [1.165, 1.54) is 5.56 Å². The number of hydrogen-bond acceptors (Lipinski definition) is 2. The van der Waals surface area contributed by atoms with Crippen LogP contribution in [0, 0.1) is 12.8 Å². The van der Waals surface area contributed by atoms with Gasteiger partial charge in [-0.05, 0) is 42.7 Å². The van der Waals surface area contributed by atoms with Gasteiger partial charge in [-0.2, -0.15) is 0 Å². The molecule has 3 rings (SSSR count). The average molecular weight is 322 g/mol. The Kier molecular flexibility index (Phi) is 4.65. The molecule has 0 spiro atoms. The van der Waals surface area contributed by atoms with Gasteiger partial charge in [-0.15, -0.1) is 0 Å². The molecule has 4 nitrogen and oxygen atoms in total. The molecule has 1 aliphatic rings. The lowest BCUT2D eigenvalue weighted by Gasteiger charge is -2.17. The summed E-state index contributed by atoms with van der Waals surface area (Å²) in [5.41, 5.74) is 3.92. The van der Waals surface area contributed by atoms with Crippen molar-refractivity contribution >= 4 is 23.2 Å². The molecular formula is C20H22N2O2. The topological polar surface area (TPSA) is 49.4 Å². The molecule has 0 saturated carbocycles. The van der Waals surface area contributed by atoms with Gasteiger partial charge >= 0.3 is 0 Å². The van der Waals surface area contributed by atoms with E-state index in [4.69, 9.17) is 0 Å². The number of carbonyl (C=O) groups is 2. The third-order valence-corrected chi connectivity index (χ3v) is 4.56. The SMILES string of the molecule is CCc1ccc(N2C[C@@H](C(=O)Nc3ccccc3C)CC2=O)cc1. The van der Waals surface area contributed by atoms with E-state index in [0.717, 1.165) is 23.4 Å². The van der Waals surface area contributed by atoms with Crippen molar-refractivity contribution in [2.24, 2.45) is 5.92 Å². The van der Waals surface area contributed by atoms with Gasteiger partial charge in [0.1, 0.15) is 0 Å². The Morgan fingerprint density at radius 1 is 1.17 bits per heavy atom. The number of amides is 2. The summed E-state index contributed by atoms with van der Waals surface area (Å²) in [7, 11) is 0. The molecule has 24 heavy (non-hydrogen) atoms. The van der Waals surface area contributed by atoms with Crippen LogP contribution in [0.4, 0.5) is 11.4 Å². The lowest BCUT2D eigenvalue weighted by atomic mass is 10.1. The number of benzene rings is 2. The maximum Gasteiger partial charge on any atom is 0.229 e. The molecule has 2 aromatic rings. The molecule has 0 unspecified atom stereocenters. The van der Waals surface area contributed by atoms with Crippen molar-refractivity contribution in [1.82, 2.24) is 0 Å². The van der Waals surface area contributed by atoms with Gasteiger partial charge in [0.2, 0.25) is 11.8 Å². The van der Waals surface area contributed by atoms with Gasteiger partial charge in [0.05, 0.1) is 5.92 Å². The van der Waals surface area contributed by atoms with Crippen LogP contribution in [-0.4, -0.2) is 18.4 Å². The van der Waals surface area contributed by atoms with Crippen LogP contribution in [0.5, 0.6) is 0 Å².